The first kappa shape index (κ1) is 21.1. The van der Waals surface area contributed by atoms with Crippen molar-refractivity contribution in [2.75, 3.05) is 13.7 Å². The van der Waals surface area contributed by atoms with E-state index in [4.69, 9.17) is 10.5 Å². The summed E-state index contributed by atoms with van der Waals surface area (Å²) >= 11 is 0. The molecule has 2 aliphatic carbocycles. The Labute approximate surface area is 159 Å². The van der Waals surface area contributed by atoms with E-state index in [0.717, 1.165) is 37.8 Å². The van der Waals surface area contributed by atoms with E-state index in [1.165, 1.54) is 19.6 Å². The van der Waals surface area contributed by atoms with Crippen molar-refractivity contribution in [3.05, 3.63) is 35.4 Å². The quantitative estimate of drug-likeness (QED) is 0.813. The van der Waals surface area contributed by atoms with Crippen LogP contribution in [-0.4, -0.2) is 25.7 Å². The summed E-state index contributed by atoms with van der Waals surface area (Å²) in [5, 5.41) is 2.96. The summed E-state index contributed by atoms with van der Waals surface area (Å²) in [5.41, 5.74) is 6.79. The minimum absolute atomic E-state index is 0. The van der Waals surface area contributed by atoms with Crippen LogP contribution in [0.5, 0.6) is 0 Å². The van der Waals surface area contributed by atoms with Crippen LogP contribution in [-0.2, 0) is 9.53 Å². The fourth-order valence-corrected chi connectivity index (χ4v) is 4.41. The first-order valence-corrected chi connectivity index (χ1v) is 8.99. The number of rotatable bonds is 5. The third kappa shape index (κ3) is 4.53. The maximum atomic E-state index is 13.5. The summed E-state index contributed by atoms with van der Waals surface area (Å²) in [7, 11) is 1.52. The lowest BCUT2D eigenvalue weighted by Crippen LogP contribution is -2.49. The lowest BCUT2D eigenvalue weighted by molar-refractivity contribution is -0.129. The molecule has 1 aromatic rings. The smallest absolute Gasteiger partial charge is 0.223 e. The number of carbonyl (C=O) groups excluding carboxylic acids is 1. The van der Waals surface area contributed by atoms with Crippen LogP contribution in [0.15, 0.2) is 18.2 Å². The molecule has 2 fully saturated rings. The second kappa shape index (κ2) is 9.11. The van der Waals surface area contributed by atoms with Crippen molar-refractivity contribution < 1.29 is 18.3 Å². The van der Waals surface area contributed by atoms with Crippen LogP contribution in [0.3, 0.4) is 0 Å². The Morgan fingerprint density at radius 1 is 1.27 bits per heavy atom. The van der Waals surface area contributed by atoms with E-state index in [1.807, 2.05) is 0 Å². The lowest BCUT2D eigenvalue weighted by Gasteiger charge is -2.43. The van der Waals surface area contributed by atoms with Crippen molar-refractivity contribution in [3.63, 3.8) is 0 Å². The van der Waals surface area contributed by atoms with Crippen LogP contribution >= 0.6 is 12.4 Å². The van der Waals surface area contributed by atoms with Gasteiger partial charge in [-0.1, -0.05) is 12.5 Å². The SMILES string of the molecule is COCC(NC(=O)C1CC2CCCC(C1)C2N)c1ccc(F)c(F)c1.Cl. The summed E-state index contributed by atoms with van der Waals surface area (Å²) in [6, 6.07) is 3.38. The number of nitrogens with two attached hydrogens (primary N) is 1. The molecule has 0 saturated heterocycles. The van der Waals surface area contributed by atoms with E-state index in [2.05, 4.69) is 5.32 Å². The molecule has 1 amide bonds. The molecule has 146 valence electrons. The summed E-state index contributed by atoms with van der Waals surface area (Å²) in [4.78, 5) is 12.8. The van der Waals surface area contributed by atoms with E-state index >= 15 is 0 Å². The predicted octanol–water partition coefficient (Wildman–Crippen LogP) is 3.34. The van der Waals surface area contributed by atoms with Gasteiger partial charge in [-0.2, -0.15) is 0 Å². The highest BCUT2D eigenvalue weighted by Crippen LogP contribution is 2.42. The van der Waals surface area contributed by atoms with Gasteiger partial charge in [0.2, 0.25) is 5.91 Å². The molecule has 3 rings (SSSR count). The molecule has 2 bridgehead atoms. The van der Waals surface area contributed by atoms with Crippen LogP contribution in [0.1, 0.15) is 43.7 Å². The van der Waals surface area contributed by atoms with Gasteiger partial charge in [-0.15, -0.1) is 12.4 Å². The standard InChI is InChI=1S/C19H26F2N2O2.ClH/c1-25-10-17(11-5-6-15(20)16(21)9-11)23-19(24)14-7-12-3-2-4-13(8-14)18(12)22;/h5-6,9,12-14,17-18H,2-4,7-8,10,22H2,1H3,(H,23,24);1H. The Morgan fingerprint density at radius 2 is 1.92 bits per heavy atom. The van der Waals surface area contributed by atoms with Gasteiger partial charge in [0.05, 0.1) is 12.6 Å². The highest BCUT2D eigenvalue weighted by atomic mass is 35.5. The maximum Gasteiger partial charge on any atom is 0.223 e. The number of nitrogens with one attached hydrogen (secondary N) is 1. The molecule has 7 heteroatoms. The van der Waals surface area contributed by atoms with Gasteiger partial charge < -0.3 is 15.8 Å². The first-order chi connectivity index (χ1) is 12.0. The van der Waals surface area contributed by atoms with Gasteiger partial charge >= 0.3 is 0 Å². The molecule has 0 spiro atoms. The van der Waals surface area contributed by atoms with Crippen LogP contribution in [0.4, 0.5) is 8.78 Å². The number of methoxy groups -OCH3 is 1. The highest BCUT2D eigenvalue weighted by molar-refractivity contribution is 5.85. The van der Waals surface area contributed by atoms with E-state index in [-0.39, 0.29) is 36.9 Å². The Kier molecular flexibility index (Phi) is 7.38. The van der Waals surface area contributed by atoms with E-state index < -0.39 is 17.7 Å². The number of halogens is 3. The molecule has 3 atom stereocenters. The Morgan fingerprint density at radius 3 is 2.50 bits per heavy atom. The second-order valence-electron chi connectivity index (χ2n) is 7.39. The van der Waals surface area contributed by atoms with Gasteiger partial charge in [0, 0.05) is 19.1 Å². The summed E-state index contributed by atoms with van der Waals surface area (Å²) in [5.74, 6) is -1.12. The Balaban J connectivity index is 0.00000243. The number of carbonyl (C=O) groups is 1. The third-order valence-electron chi connectivity index (χ3n) is 5.78. The highest BCUT2D eigenvalue weighted by Gasteiger charge is 2.40. The van der Waals surface area contributed by atoms with Gasteiger partial charge in [-0.25, -0.2) is 8.78 Å². The van der Waals surface area contributed by atoms with Crippen molar-refractivity contribution in [1.29, 1.82) is 0 Å². The summed E-state index contributed by atoms with van der Waals surface area (Å²) < 4.78 is 31.8. The number of benzene rings is 1. The van der Waals surface area contributed by atoms with Crippen LogP contribution in [0.2, 0.25) is 0 Å². The number of hydrogen-bond donors (Lipinski definition) is 2. The molecule has 26 heavy (non-hydrogen) atoms. The average Bonchev–Trinajstić information content (AvgIpc) is 2.56. The summed E-state index contributed by atoms with van der Waals surface area (Å²) in [6.45, 7) is 0.204. The number of ether oxygens (including phenoxy) is 1. The minimum atomic E-state index is -0.925. The molecule has 3 unspecified atom stereocenters. The topological polar surface area (TPSA) is 64.3 Å². The van der Waals surface area contributed by atoms with Crippen LogP contribution in [0, 0.1) is 29.4 Å². The first-order valence-electron chi connectivity index (χ1n) is 8.99. The number of fused-ring (bicyclic) bond motifs is 2. The molecule has 3 N–H and O–H groups in total. The molecule has 0 aliphatic heterocycles. The average molecular weight is 389 g/mol. The Hall–Kier alpha value is -1.24. The zero-order chi connectivity index (χ0) is 18.0. The normalized spacial score (nSPS) is 28.8. The zero-order valence-electron chi connectivity index (χ0n) is 14.9. The Bertz CT molecular complexity index is 618. The van der Waals surface area contributed by atoms with Gasteiger partial charge in [0.1, 0.15) is 0 Å². The largest absolute Gasteiger partial charge is 0.382 e. The molecule has 1 aromatic carbocycles. The molecular weight excluding hydrogens is 362 g/mol. The zero-order valence-corrected chi connectivity index (χ0v) is 15.7. The predicted molar refractivity (Wildman–Crippen MR) is 97.9 cm³/mol. The van der Waals surface area contributed by atoms with Gasteiger partial charge in [-0.3, -0.25) is 4.79 Å². The van der Waals surface area contributed by atoms with E-state index in [9.17, 15) is 13.6 Å². The monoisotopic (exact) mass is 388 g/mol. The summed E-state index contributed by atoms with van der Waals surface area (Å²) in [6.07, 6.45) is 4.98. The fourth-order valence-electron chi connectivity index (χ4n) is 4.41. The van der Waals surface area contributed by atoms with Crippen LogP contribution < -0.4 is 11.1 Å². The van der Waals surface area contributed by atoms with Gasteiger partial charge in [-0.05, 0) is 55.2 Å². The van der Waals surface area contributed by atoms with E-state index in [0.29, 0.717) is 17.4 Å². The van der Waals surface area contributed by atoms with Gasteiger partial charge in [0.25, 0.3) is 0 Å². The number of hydrogen-bond acceptors (Lipinski definition) is 3. The molecule has 2 aliphatic rings. The molecule has 0 heterocycles. The third-order valence-corrected chi connectivity index (χ3v) is 5.78. The van der Waals surface area contributed by atoms with Crippen molar-refractivity contribution in [3.8, 4) is 0 Å². The van der Waals surface area contributed by atoms with Crippen molar-refractivity contribution in [2.45, 2.75) is 44.2 Å². The molecular formula is C19H27ClF2N2O2. The van der Waals surface area contributed by atoms with Crippen molar-refractivity contribution in [1.82, 2.24) is 5.32 Å². The van der Waals surface area contributed by atoms with Crippen molar-refractivity contribution in [2.24, 2.45) is 23.5 Å². The lowest BCUT2D eigenvalue weighted by atomic mass is 9.65. The molecule has 0 radical (unpaired) electrons. The molecule has 4 nitrogen and oxygen atoms in total. The van der Waals surface area contributed by atoms with E-state index in [1.54, 1.807) is 0 Å². The number of amides is 1. The minimum Gasteiger partial charge on any atom is -0.382 e. The fraction of sp³-hybridized carbons (Fsp3) is 0.632. The maximum absolute atomic E-state index is 13.5. The van der Waals surface area contributed by atoms with Crippen molar-refractivity contribution >= 4 is 18.3 Å². The molecule has 2 saturated carbocycles. The van der Waals surface area contributed by atoms with Gasteiger partial charge in [0.15, 0.2) is 11.6 Å². The molecule has 0 aromatic heterocycles. The van der Waals surface area contributed by atoms with Crippen LogP contribution in [0.25, 0.3) is 0 Å². The second-order valence-corrected chi connectivity index (χ2v) is 7.39.